The molecule has 0 N–H and O–H groups in total. The molecule has 90 valence electrons. The molecule has 1 aromatic rings. The third kappa shape index (κ3) is 3.00. The molecule has 0 spiro atoms. The van der Waals surface area contributed by atoms with Gasteiger partial charge in [-0.2, -0.15) is 14.0 Å². The first-order valence-electron chi connectivity index (χ1n) is 5.02. The lowest BCUT2D eigenvalue weighted by molar-refractivity contribution is -0.0506. The first-order valence-corrected chi connectivity index (χ1v) is 5.02. The van der Waals surface area contributed by atoms with Gasteiger partial charge in [0, 0.05) is 5.56 Å². The van der Waals surface area contributed by atoms with Gasteiger partial charge in [0.15, 0.2) is 5.78 Å². The lowest BCUT2D eigenvalue weighted by atomic mass is 10.0. The van der Waals surface area contributed by atoms with Crippen LogP contribution in [-0.2, 0) is 6.42 Å². The summed E-state index contributed by atoms with van der Waals surface area (Å²) < 4.78 is 28.8. The number of rotatable bonds is 4. The first-order chi connectivity index (χ1) is 7.99. The molecule has 17 heavy (non-hydrogen) atoms. The number of alkyl halides is 2. The largest absolute Gasteiger partial charge is 0.433 e. The normalized spacial score (nSPS) is 10.1. The highest BCUT2D eigenvalue weighted by molar-refractivity contribution is 5.95. The molecular weight excluding hydrogens is 228 g/mol. The average molecular weight is 239 g/mol. The van der Waals surface area contributed by atoms with E-state index in [1.807, 2.05) is 0 Å². The smallest absolute Gasteiger partial charge is 0.387 e. The second-order valence-corrected chi connectivity index (χ2v) is 3.41. The molecule has 0 heterocycles. The van der Waals surface area contributed by atoms with Crippen LogP contribution in [0, 0.1) is 11.3 Å². The maximum absolute atomic E-state index is 12.2. The van der Waals surface area contributed by atoms with Crippen LogP contribution in [0.4, 0.5) is 8.78 Å². The fourth-order valence-electron chi connectivity index (χ4n) is 1.47. The van der Waals surface area contributed by atoms with Gasteiger partial charge in [-0.3, -0.25) is 4.79 Å². The number of ether oxygens (including phenoxy) is 1. The molecule has 1 aromatic carbocycles. The maximum atomic E-state index is 12.2. The van der Waals surface area contributed by atoms with Crippen molar-refractivity contribution in [3.05, 3.63) is 28.8 Å². The van der Waals surface area contributed by atoms with Gasteiger partial charge in [-0.25, -0.2) is 0 Å². The van der Waals surface area contributed by atoms with E-state index in [4.69, 9.17) is 5.26 Å². The zero-order valence-electron chi connectivity index (χ0n) is 9.46. The third-order valence-electron chi connectivity index (χ3n) is 2.28. The van der Waals surface area contributed by atoms with Gasteiger partial charge < -0.3 is 4.74 Å². The van der Waals surface area contributed by atoms with Gasteiger partial charge in [0.05, 0.1) is 5.56 Å². The minimum absolute atomic E-state index is 0.0464. The molecule has 0 aliphatic heterocycles. The molecule has 1 rings (SSSR count). The van der Waals surface area contributed by atoms with Gasteiger partial charge in [-0.1, -0.05) is 6.92 Å². The van der Waals surface area contributed by atoms with E-state index in [-0.39, 0.29) is 17.1 Å². The first kappa shape index (κ1) is 13.1. The van der Waals surface area contributed by atoms with Gasteiger partial charge in [-0.05, 0) is 31.0 Å². The van der Waals surface area contributed by atoms with Gasteiger partial charge in [0.25, 0.3) is 0 Å². The number of carbonyl (C=O) groups is 1. The molecule has 3 nitrogen and oxygen atoms in total. The van der Waals surface area contributed by atoms with Crippen molar-refractivity contribution in [2.45, 2.75) is 26.9 Å². The summed E-state index contributed by atoms with van der Waals surface area (Å²) in [7, 11) is 0. The molecule has 0 atom stereocenters. The van der Waals surface area contributed by atoms with Crippen molar-refractivity contribution in [2.75, 3.05) is 0 Å². The Kier molecular flexibility index (Phi) is 4.16. The van der Waals surface area contributed by atoms with E-state index in [0.29, 0.717) is 17.5 Å². The van der Waals surface area contributed by atoms with Crippen LogP contribution in [0.5, 0.6) is 5.75 Å². The zero-order valence-corrected chi connectivity index (χ0v) is 9.46. The van der Waals surface area contributed by atoms with Crippen molar-refractivity contribution in [3.8, 4) is 11.8 Å². The highest BCUT2D eigenvalue weighted by atomic mass is 19.3. The van der Waals surface area contributed by atoms with Crippen LogP contribution >= 0.6 is 0 Å². The van der Waals surface area contributed by atoms with Crippen molar-refractivity contribution >= 4 is 5.78 Å². The molecule has 0 bridgehead atoms. The Bertz CT molecular complexity index is 478. The van der Waals surface area contributed by atoms with Gasteiger partial charge >= 0.3 is 6.61 Å². The number of nitrogens with zero attached hydrogens (tertiary/aromatic N) is 1. The topological polar surface area (TPSA) is 50.1 Å². The summed E-state index contributed by atoms with van der Waals surface area (Å²) in [4.78, 5) is 11.2. The fourth-order valence-corrected chi connectivity index (χ4v) is 1.47. The summed E-state index contributed by atoms with van der Waals surface area (Å²) in [5.74, 6) is -0.366. The molecule has 0 aliphatic rings. The van der Waals surface area contributed by atoms with E-state index in [9.17, 15) is 13.6 Å². The van der Waals surface area contributed by atoms with Crippen LogP contribution in [0.3, 0.4) is 0 Å². The summed E-state index contributed by atoms with van der Waals surface area (Å²) in [5.41, 5.74) is 0.699. The number of ketones is 1. The molecule has 0 aromatic heterocycles. The van der Waals surface area contributed by atoms with E-state index in [2.05, 4.69) is 4.74 Å². The summed E-state index contributed by atoms with van der Waals surface area (Å²) in [5, 5.41) is 8.87. The Labute approximate surface area is 97.6 Å². The molecule has 0 saturated carbocycles. The van der Waals surface area contributed by atoms with Crippen LogP contribution < -0.4 is 4.74 Å². The van der Waals surface area contributed by atoms with Crippen LogP contribution in [0.2, 0.25) is 0 Å². The average Bonchev–Trinajstić information content (AvgIpc) is 2.28. The van der Waals surface area contributed by atoms with Crippen molar-refractivity contribution in [2.24, 2.45) is 0 Å². The van der Waals surface area contributed by atoms with E-state index in [1.165, 1.54) is 19.1 Å². The molecular formula is C12H11F2NO2. The van der Waals surface area contributed by atoms with E-state index in [1.54, 1.807) is 13.0 Å². The van der Waals surface area contributed by atoms with Crippen molar-refractivity contribution in [1.29, 1.82) is 5.26 Å². The van der Waals surface area contributed by atoms with Gasteiger partial charge in [0.2, 0.25) is 0 Å². The fraction of sp³-hybridized carbons (Fsp3) is 0.333. The van der Waals surface area contributed by atoms with Gasteiger partial charge in [0.1, 0.15) is 11.8 Å². The Morgan fingerprint density at radius 2 is 2.18 bits per heavy atom. The van der Waals surface area contributed by atoms with E-state index in [0.717, 1.165) is 0 Å². The van der Waals surface area contributed by atoms with Crippen molar-refractivity contribution in [3.63, 3.8) is 0 Å². The second-order valence-electron chi connectivity index (χ2n) is 3.41. The number of benzene rings is 1. The van der Waals surface area contributed by atoms with Crippen molar-refractivity contribution in [1.82, 2.24) is 0 Å². The van der Waals surface area contributed by atoms with Crippen LogP contribution in [0.1, 0.15) is 35.3 Å². The molecule has 5 heteroatoms. The SMILES string of the molecule is CCc1cc(C(C)=O)cc(C#N)c1OC(F)F. The Morgan fingerprint density at radius 3 is 2.59 bits per heavy atom. The monoisotopic (exact) mass is 239 g/mol. The van der Waals surface area contributed by atoms with E-state index >= 15 is 0 Å². The number of hydrogen-bond acceptors (Lipinski definition) is 3. The number of halogens is 2. The summed E-state index contributed by atoms with van der Waals surface area (Å²) in [6.07, 6.45) is 0.401. The molecule has 0 radical (unpaired) electrons. The molecule has 0 aliphatic carbocycles. The van der Waals surface area contributed by atoms with Crippen molar-refractivity contribution < 1.29 is 18.3 Å². The van der Waals surface area contributed by atoms with Gasteiger partial charge in [-0.15, -0.1) is 0 Å². The lowest BCUT2D eigenvalue weighted by Crippen LogP contribution is -2.07. The summed E-state index contributed by atoms with van der Waals surface area (Å²) in [6.45, 7) is 0.0954. The minimum atomic E-state index is -2.99. The summed E-state index contributed by atoms with van der Waals surface area (Å²) in [6, 6.07) is 4.50. The molecule has 0 saturated heterocycles. The number of carbonyl (C=O) groups excluding carboxylic acids is 1. The lowest BCUT2D eigenvalue weighted by Gasteiger charge is -2.12. The molecule has 0 amide bonds. The second kappa shape index (κ2) is 5.39. The predicted molar refractivity (Wildman–Crippen MR) is 57.2 cm³/mol. The molecule has 0 unspecified atom stereocenters. The highest BCUT2D eigenvalue weighted by Gasteiger charge is 2.16. The van der Waals surface area contributed by atoms with Crippen LogP contribution in [0.25, 0.3) is 0 Å². The number of hydrogen-bond donors (Lipinski definition) is 0. The summed E-state index contributed by atoms with van der Waals surface area (Å²) >= 11 is 0. The number of nitriles is 1. The Hall–Kier alpha value is -1.96. The minimum Gasteiger partial charge on any atom is -0.433 e. The third-order valence-corrected chi connectivity index (χ3v) is 2.28. The number of Topliss-reactive ketones (excluding diaryl/α,β-unsaturated/α-hetero) is 1. The van der Waals surface area contributed by atoms with E-state index < -0.39 is 6.61 Å². The number of aryl methyl sites for hydroxylation is 1. The maximum Gasteiger partial charge on any atom is 0.387 e. The molecule has 0 fully saturated rings. The predicted octanol–water partition coefficient (Wildman–Crippen LogP) is 2.92. The Morgan fingerprint density at radius 1 is 1.53 bits per heavy atom. The van der Waals surface area contributed by atoms with Crippen LogP contribution in [0.15, 0.2) is 12.1 Å². The zero-order chi connectivity index (χ0) is 13.0. The quantitative estimate of drug-likeness (QED) is 0.759. The van der Waals surface area contributed by atoms with Crippen LogP contribution in [-0.4, -0.2) is 12.4 Å². The standard InChI is InChI=1S/C12H11F2NO2/c1-3-8-4-9(7(2)16)5-10(6-15)11(8)17-12(13)14/h4-5,12H,3H2,1-2H3. The Balaban J connectivity index is 3.37. The highest BCUT2D eigenvalue weighted by Crippen LogP contribution is 2.28.